The first-order valence-electron chi connectivity index (χ1n) is 6.24. The molecule has 0 aromatic carbocycles. The van der Waals surface area contributed by atoms with Crippen molar-refractivity contribution in [1.82, 2.24) is 14.9 Å². The van der Waals surface area contributed by atoms with E-state index in [-0.39, 0.29) is 0 Å². The summed E-state index contributed by atoms with van der Waals surface area (Å²) >= 11 is 1.80. The molecule has 0 spiro atoms. The summed E-state index contributed by atoms with van der Waals surface area (Å²) < 4.78 is 2.10. The molecule has 1 saturated carbocycles. The highest BCUT2D eigenvalue weighted by atomic mass is 32.2. The van der Waals surface area contributed by atoms with Crippen molar-refractivity contribution in [2.75, 3.05) is 17.7 Å². The zero-order valence-electron chi connectivity index (χ0n) is 9.48. The van der Waals surface area contributed by atoms with Crippen LogP contribution in [0.1, 0.15) is 37.9 Å². The van der Waals surface area contributed by atoms with Crippen molar-refractivity contribution in [2.24, 2.45) is 5.92 Å². The molecule has 1 N–H and O–H groups in total. The minimum atomic E-state index is 0.829. The number of thioether (sulfide) groups is 1. The molecule has 0 atom stereocenters. The lowest BCUT2D eigenvalue weighted by Crippen LogP contribution is -2.26. The Morgan fingerprint density at radius 2 is 2.12 bits per heavy atom. The zero-order valence-corrected chi connectivity index (χ0v) is 10.3. The molecule has 0 saturated heterocycles. The van der Waals surface area contributed by atoms with Gasteiger partial charge < -0.3 is 5.43 Å². The number of hydrogen-bond acceptors (Lipinski definition) is 4. The molecule has 2 aliphatic rings. The maximum absolute atomic E-state index is 4.32. The van der Waals surface area contributed by atoms with Gasteiger partial charge in [-0.15, -0.1) is 10.2 Å². The van der Waals surface area contributed by atoms with Gasteiger partial charge >= 0.3 is 0 Å². The van der Waals surface area contributed by atoms with Gasteiger partial charge in [0.05, 0.1) is 0 Å². The van der Waals surface area contributed by atoms with Crippen molar-refractivity contribution in [1.29, 1.82) is 0 Å². The Bertz CT molecular complexity index is 357. The molecule has 3 rings (SSSR count). The molecule has 1 aromatic heterocycles. The van der Waals surface area contributed by atoms with Crippen molar-refractivity contribution in [3.05, 3.63) is 5.82 Å². The van der Waals surface area contributed by atoms with E-state index in [0.29, 0.717) is 0 Å². The Balaban J connectivity index is 1.71. The third-order valence-electron chi connectivity index (χ3n) is 3.50. The maximum atomic E-state index is 4.32. The quantitative estimate of drug-likeness (QED) is 0.856. The van der Waals surface area contributed by atoms with Crippen LogP contribution in [0.5, 0.6) is 0 Å². The molecular weight excluding hydrogens is 220 g/mol. The molecule has 88 valence electrons. The monoisotopic (exact) mass is 238 g/mol. The van der Waals surface area contributed by atoms with Gasteiger partial charge in [-0.2, -0.15) is 0 Å². The van der Waals surface area contributed by atoms with Crippen LogP contribution in [0.25, 0.3) is 0 Å². The second-order valence-corrected chi connectivity index (χ2v) is 5.76. The highest BCUT2D eigenvalue weighted by Crippen LogP contribution is 2.27. The number of aromatic nitrogens is 3. The molecule has 4 nitrogen and oxygen atoms in total. The molecular formula is C11H18N4S. The van der Waals surface area contributed by atoms with Gasteiger partial charge in [-0.3, -0.25) is 0 Å². The first-order chi connectivity index (χ1) is 7.93. The van der Waals surface area contributed by atoms with Crippen LogP contribution in [-0.2, 0) is 6.42 Å². The summed E-state index contributed by atoms with van der Waals surface area (Å²) in [7, 11) is 0. The number of nitrogens with zero attached hydrogens (tertiary/aromatic N) is 3. The molecule has 2 heterocycles. The van der Waals surface area contributed by atoms with Crippen molar-refractivity contribution in [3.8, 4) is 0 Å². The van der Waals surface area contributed by atoms with Crippen molar-refractivity contribution >= 4 is 11.8 Å². The zero-order chi connectivity index (χ0) is 10.8. The second kappa shape index (κ2) is 4.65. The molecule has 0 bridgehead atoms. The topological polar surface area (TPSA) is 42.7 Å². The van der Waals surface area contributed by atoms with Crippen LogP contribution >= 0.6 is 11.8 Å². The van der Waals surface area contributed by atoms with E-state index in [1.807, 2.05) is 0 Å². The number of nitrogens with one attached hydrogen (secondary N) is 1. The van der Waals surface area contributed by atoms with Crippen LogP contribution in [0.4, 0.5) is 0 Å². The van der Waals surface area contributed by atoms with Crippen LogP contribution in [0.3, 0.4) is 0 Å². The smallest absolute Gasteiger partial charge is 0.210 e. The van der Waals surface area contributed by atoms with E-state index in [9.17, 15) is 0 Å². The highest BCUT2D eigenvalue weighted by Gasteiger charge is 2.20. The fraction of sp³-hybridized carbons (Fsp3) is 0.818. The fourth-order valence-corrected chi connectivity index (χ4v) is 3.41. The normalized spacial score (nSPS) is 21.5. The third-order valence-corrected chi connectivity index (χ3v) is 4.43. The summed E-state index contributed by atoms with van der Waals surface area (Å²) in [6, 6.07) is 0. The number of hydrogen-bond donors (Lipinski definition) is 1. The first kappa shape index (κ1) is 10.4. The van der Waals surface area contributed by atoms with E-state index in [1.165, 1.54) is 32.1 Å². The summed E-state index contributed by atoms with van der Waals surface area (Å²) in [4.78, 5) is 0. The van der Waals surface area contributed by atoms with E-state index in [1.54, 1.807) is 11.8 Å². The molecule has 1 aliphatic heterocycles. The molecule has 1 aromatic rings. The highest BCUT2D eigenvalue weighted by molar-refractivity contribution is 7.99. The average molecular weight is 238 g/mol. The van der Waals surface area contributed by atoms with Gasteiger partial charge in [-0.1, -0.05) is 43.9 Å². The maximum Gasteiger partial charge on any atom is 0.210 e. The summed E-state index contributed by atoms with van der Waals surface area (Å²) in [6.45, 7) is 1.02. The first-order valence-corrected chi connectivity index (χ1v) is 7.23. The number of fused-ring (bicyclic) bond motifs is 1. The van der Waals surface area contributed by atoms with E-state index in [4.69, 9.17) is 0 Å². The summed E-state index contributed by atoms with van der Waals surface area (Å²) in [6.07, 6.45) is 8.05. The Hall–Kier alpha value is -0.710. The molecule has 0 radical (unpaired) electrons. The Morgan fingerprint density at radius 1 is 1.25 bits per heavy atom. The van der Waals surface area contributed by atoms with Crippen molar-refractivity contribution in [2.45, 2.75) is 43.7 Å². The Kier molecular flexibility index (Phi) is 3.04. The predicted molar refractivity (Wildman–Crippen MR) is 65.3 cm³/mol. The minimum Gasteiger partial charge on any atom is -0.321 e. The van der Waals surface area contributed by atoms with Crippen LogP contribution in [-0.4, -0.2) is 27.2 Å². The minimum absolute atomic E-state index is 0.829. The van der Waals surface area contributed by atoms with Gasteiger partial charge in [0.2, 0.25) is 5.16 Å². The van der Waals surface area contributed by atoms with Gasteiger partial charge in [0.25, 0.3) is 0 Å². The van der Waals surface area contributed by atoms with E-state index >= 15 is 0 Å². The van der Waals surface area contributed by atoms with Crippen LogP contribution in [0.15, 0.2) is 5.16 Å². The number of rotatable bonds is 2. The fourth-order valence-electron chi connectivity index (χ4n) is 2.63. The van der Waals surface area contributed by atoms with E-state index < -0.39 is 0 Å². The molecule has 1 aliphatic carbocycles. The van der Waals surface area contributed by atoms with Crippen molar-refractivity contribution in [3.63, 3.8) is 0 Å². The summed E-state index contributed by atoms with van der Waals surface area (Å²) in [5.74, 6) is 3.06. The summed E-state index contributed by atoms with van der Waals surface area (Å²) in [5, 5.41) is 9.60. The predicted octanol–water partition coefficient (Wildman–Crippen LogP) is 2.05. The van der Waals surface area contributed by atoms with Crippen molar-refractivity contribution < 1.29 is 0 Å². The van der Waals surface area contributed by atoms with Crippen LogP contribution < -0.4 is 5.43 Å². The second-order valence-electron chi connectivity index (χ2n) is 4.70. The molecule has 16 heavy (non-hydrogen) atoms. The molecule has 0 unspecified atom stereocenters. The van der Waals surface area contributed by atoms with Gasteiger partial charge in [0, 0.05) is 18.7 Å². The van der Waals surface area contributed by atoms with Gasteiger partial charge in [0.1, 0.15) is 0 Å². The largest absolute Gasteiger partial charge is 0.321 e. The van der Waals surface area contributed by atoms with Crippen LogP contribution in [0, 0.1) is 5.92 Å². The van der Waals surface area contributed by atoms with Gasteiger partial charge in [0.15, 0.2) is 5.82 Å². The van der Waals surface area contributed by atoms with E-state index in [2.05, 4.69) is 20.3 Å². The van der Waals surface area contributed by atoms with Crippen LogP contribution in [0.2, 0.25) is 0 Å². The molecule has 0 amide bonds. The molecule has 1 fully saturated rings. The lowest BCUT2D eigenvalue weighted by molar-refractivity contribution is 0.348. The standard InChI is InChI=1S/C11H18N4S/c1-2-4-9(5-3-1)8-10-13-14-11-15(10)12-6-7-16-11/h9,12H,1-8H2. The van der Waals surface area contributed by atoms with Gasteiger partial charge in [-0.25, -0.2) is 4.68 Å². The summed E-state index contributed by atoms with van der Waals surface area (Å²) in [5.41, 5.74) is 3.37. The average Bonchev–Trinajstić information content (AvgIpc) is 2.74. The van der Waals surface area contributed by atoms with Gasteiger partial charge in [-0.05, 0) is 5.92 Å². The van der Waals surface area contributed by atoms with E-state index in [0.717, 1.165) is 35.6 Å². The SMILES string of the molecule is C1CCC(Cc2nnc3n2NCCS3)CC1. The third kappa shape index (κ3) is 2.05. The lowest BCUT2D eigenvalue weighted by atomic mass is 9.87. The lowest BCUT2D eigenvalue weighted by Gasteiger charge is -2.22. The Labute approximate surface area is 100 Å². The Morgan fingerprint density at radius 3 is 3.00 bits per heavy atom. The molecule has 5 heteroatoms.